The molecule has 0 spiro atoms. The molecule has 0 radical (unpaired) electrons. The maximum absolute atomic E-state index is 5.36. The fraction of sp³-hybridized carbons (Fsp3) is 0.143. The molecule has 4 heteroatoms. The van der Waals surface area contributed by atoms with Gasteiger partial charge in [0.2, 0.25) is 0 Å². The van der Waals surface area contributed by atoms with Gasteiger partial charge in [-0.3, -0.25) is 4.98 Å². The van der Waals surface area contributed by atoms with Crippen LogP contribution in [0.3, 0.4) is 0 Å². The topological polar surface area (TPSA) is 33.6 Å². The molecular weight excluding hydrogens is 242 g/mol. The van der Waals surface area contributed by atoms with E-state index in [0.717, 1.165) is 33.6 Å². The van der Waals surface area contributed by atoms with Gasteiger partial charge in [0.15, 0.2) is 4.77 Å². The Hall–Kier alpha value is -1.94. The highest BCUT2D eigenvalue weighted by atomic mass is 32.1. The zero-order valence-corrected chi connectivity index (χ0v) is 10.9. The Bertz CT molecular complexity index is 738. The standard InChI is InChI=1S/C14H13N3S/c1-10-6-7-11(8-15-10)9-17-13-5-3-2-4-12(13)16-14(17)18/h2-8H,9H2,1H3,(H,16,18). The van der Waals surface area contributed by atoms with Gasteiger partial charge in [-0.05, 0) is 42.9 Å². The van der Waals surface area contributed by atoms with Gasteiger partial charge in [0, 0.05) is 11.9 Å². The zero-order chi connectivity index (χ0) is 12.5. The first-order chi connectivity index (χ1) is 8.74. The van der Waals surface area contributed by atoms with Crippen molar-refractivity contribution in [3.63, 3.8) is 0 Å². The summed E-state index contributed by atoms with van der Waals surface area (Å²) in [6.07, 6.45) is 1.90. The number of nitrogens with zero attached hydrogens (tertiary/aromatic N) is 2. The fourth-order valence-corrected chi connectivity index (χ4v) is 2.31. The van der Waals surface area contributed by atoms with Crippen LogP contribution in [0.15, 0.2) is 42.6 Å². The van der Waals surface area contributed by atoms with E-state index in [4.69, 9.17) is 12.2 Å². The third-order valence-corrected chi connectivity index (χ3v) is 3.32. The van der Waals surface area contributed by atoms with E-state index in [2.05, 4.69) is 26.7 Å². The summed E-state index contributed by atoms with van der Waals surface area (Å²) in [6.45, 7) is 2.73. The van der Waals surface area contributed by atoms with Crippen molar-refractivity contribution in [1.82, 2.24) is 14.5 Å². The molecule has 0 aliphatic heterocycles. The van der Waals surface area contributed by atoms with Gasteiger partial charge in [-0.1, -0.05) is 18.2 Å². The van der Waals surface area contributed by atoms with E-state index >= 15 is 0 Å². The average molecular weight is 255 g/mol. The van der Waals surface area contributed by atoms with E-state index in [1.165, 1.54) is 0 Å². The van der Waals surface area contributed by atoms with Crippen LogP contribution in [0.1, 0.15) is 11.3 Å². The number of hydrogen-bond donors (Lipinski definition) is 1. The number of H-pyrrole nitrogens is 1. The van der Waals surface area contributed by atoms with E-state index in [-0.39, 0.29) is 0 Å². The lowest BCUT2D eigenvalue weighted by atomic mass is 10.2. The van der Waals surface area contributed by atoms with Gasteiger partial charge in [-0.15, -0.1) is 0 Å². The SMILES string of the molecule is Cc1ccc(Cn2c(=S)[nH]c3ccccc32)cn1. The number of pyridine rings is 1. The fourth-order valence-electron chi connectivity index (χ4n) is 2.04. The van der Waals surface area contributed by atoms with Crippen molar-refractivity contribution in [2.45, 2.75) is 13.5 Å². The first kappa shape index (κ1) is 11.2. The number of hydrogen-bond acceptors (Lipinski definition) is 2. The minimum absolute atomic E-state index is 0.746. The number of aromatic amines is 1. The molecule has 0 aliphatic rings. The molecule has 0 atom stereocenters. The summed E-state index contributed by atoms with van der Waals surface area (Å²) in [5.74, 6) is 0. The summed E-state index contributed by atoms with van der Waals surface area (Å²) >= 11 is 5.36. The van der Waals surface area contributed by atoms with E-state index in [0.29, 0.717) is 0 Å². The molecule has 1 N–H and O–H groups in total. The van der Waals surface area contributed by atoms with Crippen LogP contribution < -0.4 is 0 Å². The van der Waals surface area contributed by atoms with Crippen molar-refractivity contribution in [2.75, 3.05) is 0 Å². The highest BCUT2D eigenvalue weighted by Gasteiger charge is 2.04. The number of aromatic nitrogens is 3. The van der Waals surface area contributed by atoms with E-state index in [1.54, 1.807) is 0 Å². The van der Waals surface area contributed by atoms with Crippen molar-refractivity contribution in [2.24, 2.45) is 0 Å². The third-order valence-electron chi connectivity index (χ3n) is 2.99. The normalized spacial score (nSPS) is 10.9. The van der Waals surface area contributed by atoms with Crippen molar-refractivity contribution in [3.8, 4) is 0 Å². The van der Waals surface area contributed by atoms with Gasteiger partial charge in [0.05, 0.1) is 17.6 Å². The minimum atomic E-state index is 0.746. The van der Waals surface area contributed by atoms with Crippen LogP contribution >= 0.6 is 12.2 Å². The summed E-state index contributed by atoms with van der Waals surface area (Å²) in [6, 6.07) is 12.2. The van der Waals surface area contributed by atoms with Crippen molar-refractivity contribution < 1.29 is 0 Å². The Morgan fingerprint density at radius 3 is 2.83 bits per heavy atom. The summed E-state index contributed by atoms with van der Waals surface area (Å²) in [4.78, 5) is 7.53. The molecule has 0 saturated heterocycles. The van der Waals surface area contributed by atoms with Gasteiger partial charge < -0.3 is 9.55 Å². The molecule has 0 unspecified atom stereocenters. The molecule has 3 rings (SSSR count). The number of aryl methyl sites for hydroxylation is 1. The number of fused-ring (bicyclic) bond motifs is 1. The van der Waals surface area contributed by atoms with Gasteiger partial charge >= 0.3 is 0 Å². The van der Waals surface area contributed by atoms with Crippen molar-refractivity contribution >= 4 is 23.3 Å². The first-order valence-corrected chi connectivity index (χ1v) is 6.24. The molecule has 1 aromatic carbocycles. The summed E-state index contributed by atoms with van der Waals surface area (Å²) in [7, 11) is 0. The lowest BCUT2D eigenvalue weighted by molar-refractivity contribution is 0.805. The lowest BCUT2D eigenvalue weighted by Gasteiger charge is -2.04. The number of rotatable bonds is 2. The Kier molecular flexibility index (Phi) is 2.72. The molecule has 0 bridgehead atoms. The number of benzene rings is 1. The summed E-state index contributed by atoms with van der Waals surface area (Å²) < 4.78 is 2.84. The Morgan fingerprint density at radius 2 is 2.06 bits per heavy atom. The van der Waals surface area contributed by atoms with Crippen LogP contribution in [0.4, 0.5) is 0 Å². The van der Waals surface area contributed by atoms with Crippen LogP contribution in [-0.2, 0) is 6.54 Å². The number of para-hydroxylation sites is 2. The molecule has 2 heterocycles. The molecule has 0 aliphatic carbocycles. The number of nitrogens with one attached hydrogen (secondary N) is 1. The second-order valence-electron chi connectivity index (χ2n) is 4.34. The molecule has 18 heavy (non-hydrogen) atoms. The Labute approximate surface area is 110 Å². The maximum Gasteiger partial charge on any atom is 0.178 e. The van der Waals surface area contributed by atoms with Crippen LogP contribution in [-0.4, -0.2) is 14.5 Å². The summed E-state index contributed by atoms with van der Waals surface area (Å²) in [5.41, 5.74) is 4.38. The predicted molar refractivity (Wildman–Crippen MR) is 75.2 cm³/mol. The molecule has 3 nitrogen and oxygen atoms in total. The van der Waals surface area contributed by atoms with Gasteiger partial charge in [0.25, 0.3) is 0 Å². The monoisotopic (exact) mass is 255 g/mol. The van der Waals surface area contributed by atoms with Gasteiger partial charge in [-0.25, -0.2) is 0 Å². The Morgan fingerprint density at radius 1 is 1.22 bits per heavy atom. The van der Waals surface area contributed by atoms with Crippen LogP contribution in [0, 0.1) is 11.7 Å². The quantitative estimate of drug-likeness (QED) is 0.712. The van der Waals surface area contributed by atoms with Crippen LogP contribution in [0.2, 0.25) is 0 Å². The predicted octanol–water partition coefficient (Wildman–Crippen LogP) is 3.45. The van der Waals surface area contributed by atoms with Gasteiger partial charge in [0.1, 0.15) is 0 Å². The average Bonchev–Trinajstić information content (AvgIpc) is 2.69. The molecule has 2 aromatic heterocycles. The molecule has 90 valence electrons. The summed E-state index contributed by atoms with van der Waals surface area (Å²) in [5, 5.41) is 0. The number of imidazole rings is 1. The Balaban J connectivity index is 2.07. The van der Waals surface area contributed by atoms with E-state index < -0.39 is 0 Å². The molecule has 0 saturated carbocycles. The highest BCUT2D eigenvalue weighted by molar-refractivity contribution is 7.71. The first-order valence-electron chi connectivity index (χ1n) is 5.83. The van der Waals surface area contributed by atoms with Crippen LogP contribution in [0.5, 0.6) is 0 Å². The zero-order valence-electron chi connectivity index (χ0n) is 10.1. The molecule has 0 fully saturated rings. The second-order valence-corrected chi connectivity index (χ2v) is 4.73. The van der Waals surface area contributed by atoms with Crippen LogP contribution in [0.25, 0.3) is 11.0 Å². The minimum Gasteiger partial charge on any atom is -0.331 e. The highest BCUT2D eigenvalue weighted by Crippen LogP contribution is 2.15. The lowest BCUT2D eigenvalue weighted by Crippen LogP contribution is -2.00. The molecular formula is C14H13N3S. The van der Waals surface area contributed by atoms with Crippen molar-refractivity contribution in [3.05, 3.63) is 58.6 Å². The van der Waals surface area contributed by atoms with Crippen molar-refractivity contribution in [1.29, 1.82) is 0 Å². The maximum atomic E-state index is 5.36. The smallest absolute Gasteiger partial charge is 0.178 e. The van der Waals surface area contributed by atoms with Gasteiger partial charge in [-0.2, -0.15) is 0 Å². The largest absolute Gasteiger partial charge is 0.331 e. The molecule has 3 aromatic rings. The second kappa shape index (κ2) is 4.38. The third kappa shape index (κ3) is 1.95. The van der Waals surface area contributed by atoms with E-state index in [9.17, 15) is 0 Å². The van der Waals surface area contributed by atoms with E-state index in [1.807, 2.05) is 37.4 Å². The molecule has 0 amide bonds.